The lowest BCUT2D eigenvalue weighted by Gasteiger charge is -2.44. The molecule has 1 aliphatic rings. The predicted octanol–water partition coefficient (Wildman–Crippen LogP) is 5.83. The maximum absolute atomic E-state index is 13.9. The van der Waals surface area contributed by atoms with E-state index in [4.69, 9.17) is 9.47 Å². The van der Waals surface area contributed by atoms with Gasteiger partial charge < -0.3 is 25.2 Å². The minimum absolute atomic E-state index is 0.349. The molecule has 0 radical (unpaired) electrons. The van der Waals surface area contributed by atoms with Crippen LogP contribution in [0.4, 0.5) is 11.4 Å². The van der Waals surface area contributed by atoms with Gasteiger partial charge in [0.25, 0.3) is 0 Å². The number of ketones is 1. The molecule has 4 rings (SSSR count). The zero-order valence-corrected chi connectivity index (χ0v) is 24.6. The van der Waals surface area contributed by atoms with Crippen LogP contribution in [0.2, 0.25) is 0 Å². The zero-order chi connectivity index (χ0) is 30.3. The molecule has 0 spiro atoms. The van der Waals surface area contributed by atoms with Crippen molar-refractivity contribution in [3.05, 3.63) is 84.4 Å². The fourth-order valence-corrected chi connectivity index (χ4v) is 5.50. The Kier molecular flexibility index (Phi) is 10.0. The molecule has 0 aliphatic heterocycles. The van der Waals surface area contributed by atoms with Crippen LogP contribution in [0.3, 0.4) is 0 Å². The number of benzene rings is 3. The molecule has 1 fully saturated rings. The summed E-state index contributed by atoms with van der Waals surface area (Å²) in [4.78, 5) is 41.3. The second-order valence-electron chi connectivity index (χ2n) is 11.4. The number of ether oxygens (including phenoxy) is 2. The van der Waals surface area contributed by atoms with Gasteiger partial charge >= 0.3 is 0 Å². The minimum Gasteiger partial charge on any atom is -0.490 e. The van der Waals surface area contributed by atoms with E-state index in [1.54, 1.807) is 66.7 Å². The summed E-state index contributed by atoms with van der Waals surface area (Å²) in [6, 6.07) is 23.0. The fourth-order valence-electron chi connectivity index (χ4n) is 5.50. The van der Waals surface area contributed by atoms with Crippen LogP contribution in [0.5, 0.6) is 11.5 Å². The molecule has 3 N–H and O–H groups in total. The normalized spacial score (nSPS) is 22.0. The van der Waals surface area contributed by atoms with Crippen molar-refractivity contribution in [2.75, 3.05) is 23.8 Å². The number of anilines is 2. The van der Waals surface area contributed by atoms with Gasteiger partial charge in [-0.25, -0.2) is 0 Å². The number of carbonyl (C=O) groups is 3. The fraction of sp³-hybridized carbons (Fsp3) is 0.382. The van der Waals surface area contributed by atoms with Crippen LogP contribution in [0.15, 0.2) is 78.9 Å². The van der Waals surface area contributed by atoms with Crippen molar-refractivity contribution in [1.29, 1.82) is 0 Å². The first-order valence-corrected chi connectivity index (χ1v) is 14.5. The molecular weight excluding hydrogens is 532 g/mol. The third-order valence-corrected chi connectivity index (χ3v) is 7.52. The summed E-state index contributed by atoms with van der Waals surface area (Å²) in [7, 11) is 0. The highest BCUT2D eigenvalue weighted by Gasteiger charge is 2.56. The van der Waals surface area contributed by atoms with Gasteiger partial charge in [-0.15, -0.1) is 0 Å². The largest absolute Gasteiger partial charge is 0.490 e. The van der Waals surface area contributed by atoms with E-state index in [2.05, 4.69) is 24.5 Å². The maximum atomic E-state index is 13.9. The van der Waals surface area contributed by atoms with Crippen LogP contribution in [0.25, 0.3) is 0 Å². The number of para-hydroxylation sites is 2. The first kappa shape index (κ1) is 30.8. The van der Waals surface area contributed by atoms with Gasteiger partial charge in [0.2, 0.25) is 11.8 Å². The van der Waals surface area contributed by atoms with Crippen molar-refractivity contribution in [3.63, 3.8) is 0 Å². The molecule has 3 aromatic rings. The van der Waals surface area contributed by atoms with Gasteiger partial charge in [0.05, 0.1) is 24.7 Å². The predicted molar refractivity (Wildman–Crippen MR) is 163 cm³/mol. The second-order valence-corrected chi connectivity index (χ2v) is 11.4. The Hall–Kier alpha value is -4.17. The van der Waals surface area contributed by atoms with E-state index in [0.717, 1.165) is 6.42 Å². The number of Topliss-reactive ketones (excluding diaryl/α,β-unsaturated/α-hetero) is 1. The summed E-state index contributed by atoms with van der Waals surface area (Å²) >= 11 is 0. The van der Waals surface area contributed by atoms with Gasteiger partial charge in [-0.05, 0) is 68.1 Å². The SMILES string of the molecule is CCOc1cc(C2C(C(=O)Nc3ccccc3)C(=O)CC(C)(O)C2C(=O)Nc2ccccc2)ccc1OCCC(C)C. The highest BCUT2D eigenvalue weighted by molar-refractivity contribution is 6.10. The molecule has 4 atom stereocenters. The molecule has 222 valence electrons. The Morgan fingerprint density at radius 2 is 1.50 bits per heavy atom. The van der Waals surface area contributed by atoms with E-state index in [1.807, 2.05) is 19.1 Å². The molecule has 8 nitrogen and oxygen atoms in total. The van der Waals surface area contributed by atoms with Gasteiger partial charge in [-0.1, -0.05) is 56.3 Å². The molecular formula is C34H40N2O6. The Labute approximate surface area is 247 Å². The van der Waals surface area contributed by atoms with Crippen molar-refractivity contribution in [2.24, 2.45) is 17.8 Å². The number of nitrogens with one attached hydrogen (secondary N) is 2. The Balaban J connectivity index is 1.79. The summed E-state index contributed by atoms with van der Waals surface area (Å²) in [5, 5.41) is 17.3. The average Bonchev–Trinajstić information content (AvgIpc) is 2.93. The van der Waals surface area contributed by atoms with E-state index in [0.29, 0.717) is 47.6 Å². The van der Waals surface area contributed by atoms with Crippen molar-refractivity contribution < 1.29 is 29.0 Å². The summed E-state index contributed by atoms with van der Waals surface area (Å²) < 4.78 is 11.9. The zero-order valence-electron chi connectivity index (χ0n) is 24.6. The van der Waals surface area contributed by atoms with Crippen molar-refractivity contribution in [1.82, 2.24) is 0 Å². The molecule has 0 saturated heterocycles. The highest BCUT2D eigenvalue weighted by atomic mass is 16.5. The van der Waals surface area contributed by atoms with Crippen LogP contribution in [-0.2, 0) is 14.4 Å². The number of aliphatic hydroxyl groups is 1. The lowest BCUT2D eigenvalue weighted by Crippen LogP contribution is -2.56. The molecule has 0 heterocycles. The van der Waals surface area contributed by atoms with E-state index in [9.17, 15) is 19.5 Å². The van der Waals surface area contributed by atoms with Gasteiger partial charge in [0, 0.05) is 23.7 Å². The lowest BCUT2D eigenvalue weighted by molar-refractivity contribution is -0.150. The first-order chi connectivity index (χ1) is 20.1. The molecule has 1 aliphatic carbocycles. The number of amides is 2. The van der Waals surface area contributed by atoms with Crippen molar-refractivity contribution in [2.45, 2.75) is 52.1 Å². The molecule has 1 saturated carbocycles. The molecule has 0 bridgehead atoms. The smallest absolute Gasteiger partial charge is 0.235 e. The van der Waals surface area contributed by atoms with Crippen molar-refractivity contribution in [3.8, 4) is 11.5 Å². The van der Waals surface area contributed by atoms with E-state index in [1.165, 1.54) is 6.92 Å². The van der Waals surface area contributed by atoms with E-state index >= 15 is 0 Å². The standard InChI is InChI=1S/C34H40N2O6/c1-5-41-28-20-23(16-17-27(28)42-19-18-22(2)3)29-30(32(38)35-24-12-8-6-9-13-24)26(37)21-34(4,40)31(29)33(39)36-25-14-10-7-11-15-25/h6-17,20,22,29-31,40H,5,18-19,21H2,1-4H3,(H,35,38)(H,36,39). The van der Waals surface area contributed by atoms with Crippen LogP contribution < -0.4 is 20.1 Å². The van der Waals surface area contributed by atoms with E-state index in [-0.39, 0.29) is 6.42 Å². The number of carbonyl (C=O) groups excluding carboxylic acids is 3. The van der Waals surface area contributed by atoms with Gasteiger partial charge in [-0.2, -0.15) is 0 Å². The Morgan fingerprint density at radius 1 is 0.905 bits per heavy atom. The minimum atomic E-state index is -1.72. The van der Waals surface area contributed by atoms with Crippen LogP contribution >= 0.6 is 0 Å². The third-order valence-electron chi connectivity index (χ3n) is 7.52. The molecule has 0 aromatic heterocycles. The molecule has 4 unspecified atom stereocenters. The third kappa shape index (κ3) is 7.36. The molecule has 8 heteroatoms. The average molecular weight is 573 g/mol. The van der Waals surface area contributed by atoms with E-state index < -0.39 is 41.0 Å². The molecule has 2 amide bonds. The van der Waals surface area contributed by atoms with Crippen LogP contribution in [0, 0.1) is 17.8 Å². The highest BCUT2D eigenvalue weighted by Crippen LogP contribution is 2.48. The quantitative estimate of drug-likeness (QED) is 0.249. The van der Waals surface area contributed by atoms with Gasteiger partial charge in [0.1, 0.15) is 11.7 Å². The number of rotatable bonds is 11. The second kappa shape index (κ2) is 13.7. The summed E-state index contributed by atoms with van der Waals surface area (Å²) in [5.41, 5.74) is -0.129. The monoisotopic (exact) mass is 572 g/mol. The topological polar surface area (TPSA) is 114 Å². The summed E-state index contributed by atoms with van der Waals surface area (Å²) in [6.45, 7) is 8.42. The molecule has 42 heavy (non-hydrogen) atoms. The number of hydrogen-bond acceptors (Lipinski definition) is 6. The van der Waals surface area contributed by atoms with Crippen LogP contribution in [0.1, 0.15) is 52.0 Å². The summed E-state index contributed by atoms with van der Waals surface area (Å²) in [5.74, 6) is -3.40. The molecule has 3 aromatic carbocycles. The Morgan fingerprint density at radius 3 is 2.07 bits per heavy atom. The summed E-state index contributed by atoms with van der Waals surface area (Å²) in [6.07, 6.45) is 0.509. The van der Waals surface area contributed by atoms with Crippen molar-refractivity contribution >= 4 is 29.0 Å². The van der Waals surface area contributed by atoms with Gasteiger partial charge in [-0.3, -0.25) is 14.4 Å². The maximum Gasteiger partial charge on any atom is 0.235 e. The first-order valence-electron chi connectivity index (χ1n) is 14.5. The number of hydrogen-bond donors (Lipinski definition) is 3. The lowest BCUT2D eigenvalue weighted by atomic mass is 9.61. The van der Waals surface area contributed by atoms with Gasteiger partial charge in [0.15, 0.2) is 11.5 Å². The van der Waals surface area contributed by atoms with Crippen LogP contribution in [-0.4, -0.2) is 41.5 Å². The Bertz CT molecular complexity index is 1370.